The fourth-order valence-corrected chi connectivity index (χ4v) is 3.25. The van der Waals surface area contributed by atoms with Gasteiger partial charge in [-0.15, -0.1) is 11.3 Å². The third-order valence-electron chi connectivity index (χ3n) is 2.74. The van der Waals surface area contributed by atoms with E-state index < -0.39 is 0 Å². The van der Waals surface area contributed by atoms with Gasteiger partial charge in [0.05, 0.1) is 15.4 Å². The van der Waals surface area contributed by atoms with E-state index in [2.05, 4.69) is 21.2 Å². The average Bonchev–Trinajstić information content (AvgIpc) is 2.93. The Labute approximate surface area is 152 Å². The number of benzene rings is 1. The van der Waals surface area contributed by atoms with Gasteiger partial charge in [-0.2, -0.15) is 0 Å². The van der Waals surface area contributed by atoms with E-state index in [0.717, 1.165) is 8.66 Å². The van der Waals surface area contributed by atoms with Crippen LogP contribution in [0.2, 0.25) is 5.02 Å². The maximum Gasteiger partial charge on any atom is 0.248 e. The maximum atomic E-state index is 11.9. The molecule has 0 saturated heterocycles. The number of anilines is 1. The Kier molecular flexibility index (Phi) is 7.11. The first kappa shape index (κ1) is 18.0. The van der Waals surface area contributed by atoms with Crippen molar-refractivity contribution in [2.24, 2.45) is 0 Å². The number of methoxy groups -OCH3 is 1. The number of nitrogens with one attached hydrogen (secondary N) is 1. The monoisotopic (exact) mass is 415 g/mol. The van der Waals surface area contributed by atoms with E-state index in [0.29, 0.717) is 29.7 Å². The molecule has 0 radical (unpaired) electrons. The van der Waals surface area contributed by atoms with Crippen LogP contribution in [0.25, 0.3) is 6.08 Å². The van der Waals surface area contributed by atoms with Crippen molar-refractivity contribution in [3.05, 3.63) is 50.1 Å². The van der Waals surface area contributed by atoms with E-state index in [9.17, 15) is 4.79 Å². The highest BCUT2D eigenvalue weighted by atomic mass is 79.9. The Hall–Kier alpha value is -1.34. The quantitative estimate of drug-likeness (QED) is 0.519. The standard InChI is InChI=1S/C16H15BrClNO3S/c1-21-8-9-22-14-5-2-11(10-13(14)18)19-16(20)7-4-12-3-6-15(17)23-12/h2-7,10H,8-9H2,1H3,(H,19,20)/b7-4+. The lowest BCUT2D eigenvalue weighted by atomic mass is 10.3. The second-order valence-corrected chi connectivity index (χ2v) is 7.35. The van der Waals surface area contributed by atoms with Gasteiger partial charge in [-0.25, -0.2) is 0 Å². The van der Waals surface area contributed by atoms with Gasteiger partial charge in [-0.1, -0.05) is 11.6 Å². The van der Waals surface area contributed by atoms with E-state index in [1.165, 1.54) is 6.08 Å². The molecule has 0 unspecified atom stereocenters. The molecular formula is C16H15BrClNO3S. The van der Waals surface area contributed by atoms with Crippen LogP contribution in [0.5, 0.6) is 5.75 Å². The molecule has 0 bridgehead atoms. The molecule has 2 aromatic rings. The molecule has 0 aliphatic carbocycles. The molecule has 1 heterocycles. The van der Waals surface area contributed by atoms with Crippen molar-refractivity contribution in [2.45, 2.75) is 0 Å². The van der Waals surface area contributed by atoms with E-state index in [-0.39, 0.29) is 5.91 Å². The zero-order chi connectivity index (χ0) is 16.7. The molecule has 122 valence electrons. The number of carbonyl (C=O) groups excluding carboxylic acids is 1. The van der Waals surface area contributed by atoms with E-state index in [1.807, 2.05) is 12.1 Å². The molecule has 23 heavy (non-hydrogen) atoms. The van der Waals surface area contributed by atoms with Crippen LogP contribution in [0.3, 0.4) is 0 Å². The summed E-state index contributed by atoms with van der Waals surface area (Å²) in [6.45, 7) is 0.902. The largest absolute Gasteiger partial charge is 0.490 e. The van der Waals surface area contributed by atoms with Crippen LogP contribution in [0.4, 0.5) is 5.69 Å². The second-order valence-electron chi connectivity index (χ2n) is 4.45. The smallest absolute Gasteiger partial charge is 0.248 e. The van der Waals surface area contributed by atoms with Crippen LogP contribution in [-0.4, -0.2) is 26.2 Å². The lowest BCUT2D eigenvalue weighted by Gasteiger charge is -2.09. The first-order chi connectivity index (χ1) is 11.1. The average molecular weight is 417 g/mol. The molecule has 0 aliphatic heterocycles. The molecule has 1 aromatic carbocycles. The van der Waals surface area contributed by atoms with Gasteiger partial charge >= 0.3 is 0 Å². The van der Waals surface area contributed by atoms with Crippen LogP contribution < -0.4 is 10.1 Å². The number of thiophene rings is 1. The first-order valence-electron chi connectivity index (χ1n) is 6.74. The van der Waals surface area contributed by atoms with E-state index >= 15 is 0 Å². The molecule has 2 rings (SSSR count). The van der Waals surface area contributed by atoms with Crippen LogP contribution >= 0.6 is 38.9 Å². The number of hydrogen-bond donors (Lipinski definition) is 1. The summed E-state index contributed by atoms with van der Waals surface area (Å²) in [5.74, 6) is 0.333. The van der Waals surface area contributed by atoms with Crippen molar-refractivity contribution < 1.29 is 14.3 Å². The summed E-state index contributed by atoms with van der Waals surface area (Å²) in [6, 6.07) is 8.97. The van der Waals surface area contributed by atoms with Gasteiger partial charge < -0.3 is 14.8 Å². The number of halogens is 2. The highest BCUT2D eigenvalue weighted by Gasteiger charge is 2.05. The predicted molar refractivity (Wildman–Crippen MR) is 98.5 cm³/mol. The van der Waals surface area contributed by atoms with Crippen molar-refractivity contribution in [1.82, 2.24) is 0 Å². The van der Waals surface area contributed by atoms with E-state index in [1.54, 1.807) is 42.7 Å². The summed E-state index contributed by atoms with van der Waals surface area (Å²) in [5, 5.41) is 3.19. The predicted octanol–water partition coefficient (Wildman–Crippen LogP) is 4.84. The van der Waals surface area contributed by atoms with Crippen molar-refractivity contribution in [3.8, 4) is 5.75 Å². The number of ether oxygens (including phenoxy) is 2. The Balaban J connectivity index is 1.93. The lowest BCUT2D eigenvalue weighted by molar-refractivity contribution is -0.111. The van der Waals surface area contributed by atoms with Crippen molar-refractivity contribution in [3.63, 3.8) is 0 Å². The molecule has 0 fully saturated rings. The molecule has 1 aromatic heterocycles. The Morgan fingerprint density at radius 2 is 2.17 bits per heavy atom. The summed E-state index contributed by atoms with van der Waals surface area (Å²) < 4.78 is 11.4. The molecule has 0 spiro atoms. The molecule has 7 heteroatoms. The molecule has 0 saturated carbocycles. The minimum atomic E-state index is -0.223. The zero-order valence-corrected chi connectivity index (χ0v) is 15.5. The summed E-state index contributed by atoms with van der Waals surface area (Å²) >= 11 is 11.1. The van der Waals surface area contributed by atoms with Crippen LogP contribution in [0.15, 0.2) is 40.2 Å². The first-order valence-corrected chi connectivity index (χ1v) is 8.73. The summed E-state index contributed by atoms with van der Waals surface area (Å²) in [5.41, 5.74) is 0.608. The Morgan fingerprint density at radius 1 is 1.35 bits per heavy atom. The normalized spacial score (nSPS) is 10.9. The topological polar surface area (TPSA) is 47.6 Å². The number of hydrogen-bond acceptors (Lipinski definition) is 4. The lowest BCUT2D eigenvalue weighted by Crippen LogP contribution is -2.08. The van der Waals surface area contributed by atoms with Crippen LogP contribution in [-0.2, 0) is 9.53 Å². The fourth-order valence-electron chi connectivity index (χ4n) is 1.69. The van der Waals surface area contributed by atoms with Crippen molar-refractivity contribution in [1.29, 1.82) is 0 Å². The van der Waals surface area contributed by atoms with Crippen molar-refractivity contribution in [2.75, 3.05) is 25.6 Å². The highest BCUT2D eigenvalue weighted by molar-refractivity contribution is 9.11. The molecule has 1 amide bonds. The molecule has 1 N–H and O–H groups in total. The Bertz CT molecular complexity index is 702. The molecule has 0 atom stereocenters. The number of carbonyl (C=O) groups is 1. The second kappa shape index (κ2) is 9.08. The zero-order valence-electron chi connectivity index (χ0n) is 12.3. The van der Waals surface area contributed by atoms with Crippen LogP contribution in [0.1, 0.15) is 4.88 Å². The third kappa shape index (κ3) is 5.99. The molecule has 4 nitrogen and oxygen atoms in total. The number of amides is 1. The van der Waals surface area contributed by atoms with Gasteiger partial charge in [-0.3, -0.25) is 4.79 Å². The van der Waals surface area contributed by atoms with Gasteiger partial charge in [0.2, 0.25) is 5.91 Å². The molecule has 0 aliphatic rings. The number of rotatable bonds is 7. The van der Waals surface area contributed by atoms with Gasteiger partial charge in [-0.05, 0) is 52.3 Å². The summed E-state index contributed by atoms with van der Waals surface area (Å²) in [6.07, 6.45) is 3.24. The van der Waals surface area contributed by atoms with Gasteiger partial charge in [0, 0.05) is 23.8 Å². The SMILES string of the molecule is COCCOc1ccc(NC(=O)/C=C/c2ccc(Br)s2)cc1Cl. The Morgan fingerprint density at radius 3 is 2.83 bits per heavy atom. The van der Waals surface area contributed by atoms with Gasteiger partial charge in [0.15, 0.2) is 0 Å². The third-order valence-corrected chi connectivity index (χ3v) is 4.62. The van der Waals surface area contributed by atoms with Crippen molar-refractivity contribution >= 4 is 56.5 Å². The summed E-state index contributed by atoms with van der Waals surface area (Å²) in [7, 11) is 1.60. The van der Waals surface area contributed by atoms with E-state index in [4.69, 9.17) is 21.1 Å². The van der Waals surface area contributed by atoms with Gasteiger partial charge in [0.1, 0.15) is 12.4 Å². The highest BCUT2D eigenvalue weighted by Crippen LogP contribution is 2.28. The minimum absolute atomic E-state index is 0.223. The van der Waals surface area contributed by atoms with Gasteiger partial charge in [0.25, 0.3) is 0 Å². The minimum Gasteiger partial charge on any atom is -0.490 e. The molecular weight excluding hydrogens is 402 g/mol. The summed E-state index contributed by atoms with van der Waals surface area (Å²) in [4.78, 5) is 12.9. The fraction of sp³-hybridized carbons (Fsp3) is 0.188. The maximum absolute atomic E-state index is 11.9. The van der Waals surface area contributed by atoms with Crippen LogP contribution in [0, 0.1) is 0 Å².